The zero-order valence-corrected chi connectivity index (χ0v) is 14.7. The summed E-state index contributed by atoms with van der Waals surface area (Å²) < 4.78 is 12.9. The highest BCUT2D eigenvalue weighted by Gasteiger charge is 2.22. The Morgan fingerprint density at radius 3 is 2.40 bits per heavy atom. The largest absolute Gasteiger partial charge is 0.497 e. The smallest absolute Gasteiger partial charge is 0.122 e. The minimum Gasteiger partial charge on any atom is -0.497 e. The van der Waals surface area contributed by atoms with E-state index in [9.17, 15) is 0 Å². The van der Waals surface area contributed by atoms with Crippen molar-refractivity contribution >= 4 is 5.52 Å². The molecule has 1 aromatic carbocycles. The standard InChI is InChI=1S/C20H23N3O2/c1-24-16-5-3-14(4-6-16)19-18-13-17(25-2)9-12-23(18)20(22-19)15-7-10-21-11-8-15/h3-6,9,12-13,15,21H,7-8,10-11H2,1-2H3. The van der Waals surface area contributed by atoms with Crippen molar-refractivity contribution in [3.63, 3.8) is 0 Å². The molecule has 5 nitrogen and oxygen atoms in total. The molecule has 130 valence electrons. The fourth-order valence-corrected chi connectivity index (χ4v) is 3.55. The summed E-state index contributed by atoms with van der Waals surface area (Å²) in [5.41, 5.74) is 3.17. The third-order valence-electron chi connectivity index (χ3n) is 4.95. The zero-order chi connectivity index (χ0) is 17.2. The van der Waals surface area contributed by atoms with Crippen LogP contribution in [0.2, 0.25) is 0 Å². The van der Waals surface area contributed by atoms with Crippen molar-refractivity contribution in [3.05, 3.63) is 48.4 Å². The Morgan fingerprint density at radius 1 is 1.00 bits per heavy atom. The molecule has 0 spiro atoms. The van der Waals surface area contributed by atoms with Gasteiger partial charge in [0.2, 0.25) is 0 Å². The fraction of sp³-hybridized carbons (Fsp3) is 0.350. The molecule has 0 bridgehead atoms. The van der Waals surface area contributed by atoms with E-state index in [0.717, 1.165) is 60.0 Å². The normalized spacial score (nSPS) is 15.4. The average molecular weight is 337 g/mol. The van der Waals surface area contributed by atoms with E-state index >= 15 is 0 Å². The molecule has 5 heteroatoms. The SMILES string of the molecule is COc1ccc(-c2nc(C3CCNCC3)n3ccc(OC)cc23)cc1. The third-order valence-corrected chi connectivity index (χ3v) is 4.95. The molecule has 3 aromatic rings. The Morgan fingerprint density at radius 2 is 1.72 bits per heavy atom. The first-order chi connectivity index (χ1) is 12.3. The maximum absolute atomic E-state index is 5.43. The van der Waals surface area contributed by atoms with Gasteiger partial charge in [-0.25, -0.2) is 4.98 Å². The molecule has 1 saturated heterocycles. The van der Waals surface area contributed by atoms with E-state index in [2.05, 4.69) is 34.1 Å². The number of nitrogens with one attached hydrogen (secondary N) is 1. The second-order valence-electron chi connectivity index (χ2n) is 6.39. The minimum absolute atomic E-state index is 0.481. The average Bonchev–Trinajstić information content (AvgIpc) is 3.07. The summed E-state index contributed by atoms with van der Waals surface area (Å²) in [5, 5.41) is 3.43. The maximum Gasteiger partial charge on any atom is 0.122 e. The summed E-state index contributed by atoms with van der Waals surface area (Å²) in [6, 6.07) is 12.1. The van der Waals surface area contributed by atoms with Crippen molar-refractivity contribution in [3.8, 4) is 22.8 Å². The lowest BCUT2D eigenvalue weighted by Gasteiger charge is -2.21. The first kappa shape index (κ1) is 16.0. The van der Waals surface area contributed by atoms with Crippen LogP contribution < -0.4 is 14.8 Å². The van der Waals surface area contributed by atoms with E-state index in [1.54, 1.807) is 14.2 Å². The van der Waals surface area contributed by atoms with Gasteiger partial charge in [-0.3, -0.25) is 0 Å². The number of aromatic nitrogens is 2. The Kier molecular flexibility index (Phi) is 4.32. The van der Waals surface area contributed by atoms with Gasteiger partial charge in [0.1, 0.15) is 17.3 Å². The molecule has 0 radical (unpaired) electrons. The highest BCUT2D eigenvalue weighted by Crippen LogP contribution is 2.33. The van der Waals surface area contributed by atoms with Crippen molar-refractivity contribution < 1.29 is 9.47 Å². The van der Waals surface area contributed by atoms with Crippen LogP contribution in [-0.2, 0) is 0 Å². The summed E-state index contributed by atoms with van der Waals surface area (Å²) >= 11 is 0. The quantitative estimate of drug-likeness (QED) is 0.792. The number of piperidine rings is 1. The summed E-state index contributed by atoms with van der Waals surface area (Å²) in [5.74, 6) is 3.32. The van der Waals surface area contributed by atoms with Gasteiger partial charge in [0, 0.05) is 23.7 Å². The number of fused-ring (bicyclic) bond motifs is 1. The van der Waals surface area contributed by atoms with E-state index < -0.39 is 0 Å². The fourth-order valence-electron chi connectivity index (χ4n) is 3.55. The van der Waals surface area contributed by atoms with Gasteiger partial charge in [0.25, 0.3) is 0 Å². The molecule has 25 heavy (non-hydrogen) atoms. The van der Waals surface area contributed by atoms with Gasteiger partial charge in [-0.1, -0.05) is 0 Å². The summed E-state index contributed by atoms with van der Waals surface area (Å²) in [6.07, 6.45) is 4.31. The molecule has 3 heterocycles. The highest BCUT2D eigenvalue weighted by molar-refractivity contribution is 5.79. The number of nitrogens with zero attached hydrogens (tertiary/aromatic N) is 2. The minimum atomic E-state index is 0.481. The lowest BCUT2D eigenvalue weighted by molar-refractivity contribution is 0.414. The van der Waals surface area contributed by atoms with Crippen LogP contribution in [-0.4, -0.2) is 36.7 Å². The van der Waals surface area contributed by atoms with Gasteiger partial charge in [0.15, 0.2) is 0 Å². The molecule has 0 amide bonds. The van der Waals surface area contributed by atoms with E-state index in [-0.39, 0.29) is 0 Å². The summed E-state index contributed by atoms with van der Waals surface area (Å²) in [6.45, 7) is 2.10. The van der Waals surface area contributed by atoms with E-state index in [0.29, 0.717) is 5.92 Å². The predicted molar refractivity (Wildman–Crippen MR) is 98.6 cm³/mol. The number of ether oxygens (including phenoxy) is 2. The van der Waals surface area contributed by atoms with Crippen molar-refractivity contribution in [1.82, 2.24) is 14.7 Å². The zero-order valence-electron chi connectivity index (χ0n) is 14.7. The van der Waals surface area contributed by atoms with Crippen LogP contribution in [0.25, 0.3) is 16.8 Å². The molecule has 0 unspecified atom stereocenters. The van der Waals surface area contributed by atoms with Crippen LogP contribution in [0, 0.1) is 0 Å². The number of methoxy groups -OCH3 is 2. The van der Waals surface area contributed by atoms with Crippen molar-refractivity contribution in [2.45, 2.75) is 18.8 Å². The summed E-state index contributed by atoms with van der Waals surface area (Å²) in [7, 11) is 3.38. The van der Waals surface area contributed by atoms with Crippen LogP contribution >= 0.6 is 0 Å². The molecule has 1 aliphatic rings. The van der Waals surface area contributed by atoms with Crippen LogP contribution in [0.1, 0.15) is 24.6 Å². The molecule has 1 aliphatic heterocycles. The number of hydrogen-bond acceptors (Lipinski definition) is 4. The van der Waals surface area contributed by atoms with Crippen molar-refractivity contribution in [2.75, 3.05) is 27.3 Å². The van der Waals surface area contributed by atoms with E-state index in [1.807, 2.05) is 18.2 Å². The van der Waals surface area contributed by atoms with E-state index in [1.165, 1.54) is 0 Å². The number of rotatable bonds is 4. The molecule has 0 saturated carbocycles. The molecule has 2 aromatic heterocycles. The van der Waals surface area contributed by atoms with Crippen molar-refractivity contribution in [1.29, 1.82) is 0 Å². The molecule has 0 aliphatic carbocycles. The van der Waals surface area contributed by atoms with Gasteiger partial charge >= 0.3 is 0 Å². The second kappa shape index (κ2) is 6.76. The maximum atomic E-state index is 5.43. The van der Waals surface area contributed by atoms with Crippen molar-refractivity contribution in [2.24, 2.45) is 0 Å². The van der Waals surface area contributed by atoms with Gasteiger partial charge in [-0.05, 0) is 56.3 Å². The van der Waals surface area contributed by atoms with Gasteiger partial charge in [-0.2, -0.15) is 0 Å². The Hall–Kier alpha value is -2.53. The first-order valence-corrected chi connectivity index (χ1v) is 8.71. The second-order valence-corrected chi connectivity index (χ2v) is 6.39. The lowest BCUT2D eigenvalue weighted by atomic mass is 9.97. The molecule has 1 N–H and O–H groups in total. The third kappa shape index (κ3) is 2.96. The summed E-state index contributed by atoms with van der Waals surface area (Å²) in [4.78, 5) is 5.05. The molecule has 0 atom stereocenters. The van der Waals surface area contributed by atoms with Gasteiger partial charge in [0.05, 0.1) is 25.4 Å². The van der Waals surface area contributed by atoms with Crippen LogP contribution in [0.5, 0.6) is 11.5 Å². The molecular weight excluding hydrogens is 314 g/mol. The Labute approximate surface area is 147 Å². The number of hydrogen-bond donors (Lipinski definition) is 1. The topological polar surface area (TPSA) is 47.8 Å². The first-order valence-electron chi connectivity index (χ1n) is 8.71. The van der Waals surface area contributed by atoms with Crippen LogP contribution in [0.4, 0.5) is 0 Å². The van der Waals surface area contributed by atoms with E-state index in [4.69, 9.17) is 14.5 Å². The molecule has 1 fully saturated rings. The van der Waals surface area contributed by atoms with Crippen LogP contribution in [0.3, 0.4) is 0 Å². The van der Waals surface area contributed by atoms with Gasteiger partial charge < -0.3 is 19.2 Å². The monoisotopic (exact) mass is 337 g/mol. The molecular formula is C20H23N3O2. The highest BCUT2D eigenvalue weighted by atomic mass is 16.5. The predicted octanol–water partition coefficient (Wildman–Crippen LogP) is 3.49. The lowest BCUT2D eigenvalue weighted by Crippen LogP contribution is -2.27. The number of benzene rings is 1. The van der Waals surface area contributed by atoms with Gasteiger partial charge in [-0.15, -0.1) is 0 Å². The number of imidazole rings is 1. The number of pyridine rings is 1. The Balaban J connectivity index is 1.86. The molecule has 4 rings (SSSR count). The van der Waals surface area contributed by atoms with Crippen LogP contribution in [0.15, 0.2) is 42.6 Å². The Bertz CT molecular complexity index is 865.